The minimum atomic E-state index is -0.910. The monoisotopic (exact) mass is 398 g/mol. The SMILES string of the molecule is C=Cc1ccc(-c2ccc(C(=O)c3cc(O)c(=O)c(O)cc3C)cc2)cc1/C=C\C. The number of allylic oxidation sites excluding steroid dienone is 1. The van der Waals surface area contributed by atoms with Crippen LogP contribution < -0.4 is 5.43 Å². The van der Waals surface area contributed by atoms with Crippen LogP contribution >= 0.6 is 0 Å². The molecule has 0 aliphatic heterocycles. The number of carbonyl (C=O) groups is 1. The van der Waals surface area contributed by atoms with E-state index in [0.717, 1.165) is 28.3 Å². The molecule has 0 atom stereocenters. The topological polar surface area (TPSA) is 74.6 Å². The lowest BCUT2D eigenvalue weighted by Crippen LogP contribution is -2.02. The second kappa shape index (κ2) is 8.62. The summed E-state index contributed by atoms with van der Waals surface area (Å²) in [5.74, 6) is -1.61. The first-order valence-electron chi connectivity index (χ1n) is 9.47. The molecule has 0 bridgehead atoms. The first kappa shape index (κ1) is 20.8. The highest BCUT2D eigenvalue weighted by molar-refractivity contribution is 6.10. The van der Waals surface area contributed by atoms with Crippen molar-refractivity contribution < 1.29 is 15.0 Å². The third-order valence-electron chi connectivity index (χ3n) is 4.90. The van der Waals surface area contributed by atoms with Crippen LogP contribution in [0, 0.1) is 6.92 Å². The normalized spacial score (nSPS) is 10.9. The van der Waals surface area contributed by atoms with Crippen LogP contribution in [0.5, 0.6) is 11.5 Å². The van der Waals surface area contributed by atoms with E-state index in [1.807, 2.05) is 49.4 Å². The van der Waals surface area contributed by atoms with Crippen molar-refractivity contribution in [2.75, 3.05) is 0 Å². The Bertz CT molecular complexity index is 1220. The number of aryl methyl sites for hydroxylation is 1. The molecule has 3 aromatic carbocycles. The van der Waals surface area contributed by atoms with E-state index in [0.29, 0.717) is 11.1 Å². The lowest BCUT2D eigenvalue weighted by Gasteiger charge is -2.08. The van der Waals surface area contributed by atoms with Gasteiger partial charge in [0.05, 0.1) is 0 Å². The van der Waals surface area contributed by atoms with Crippen LogP contribution in [0.1, 0.15) is 39.5 Å². The van der Waals surface area contributed by atoms with Crippen molar-refractivity contribution in [1.29, 1.82) is 0 Å². The van der Waals surface area contributed by atoms with Gasteiger partial charge < -0.3 is 10.2 Å². The van der Waals surface area contributed by atoms with Crippen LogP contribution in [0.2, 0.25) is 0 Å². The summed E-state index contributed by atoms with van der Waals surface area (Å²) in [6, 6.07) is 15.5. The zero-order valence-electron chi connectivity index (χ0n) is 16.8. The Hall–Kier alpha value is -3.92. The Balaban J connectivity index is 1.99. The Morgan fingerprint density at radius 1 is 0.900 bits per heavy atom. The van der Waals surface area contributed by atoms with Crippen LogP contribution in [0.15, 0.2) is 72.0 Å². The van der Waals surface area contributed by atoms with Gasteiger partial charge in [0.1, 0.15) is 0 Å². The Morgan fingerprint density at radius 3 is 2.17 bits per heavy atom. The molecule has 0 aliphatic rings. The van der Waals surface area contributed by atoms with Gasteiger partial charge in [-0.3, -0.25) is 9.59 Å². The number of ketones is 1. The average Bonchev–Trinajstić information content (AvgIpc) is 2.85. The fourth-order valence-corrected chi connectivity index (χ4v) is 3.27. The van der Waals surface area contributed by atoms with Crippen molar-refractivity contribution in [3.8, 4) is 22.6 Å². The molecular formula is C26H22O4. The Kier molecular flexibility index (Phi) is 5.98. The number of aromatic hydroxyl groups is 2. The quantitative estimate of drug-likeness (QED) is 0.569. The van der Waals surface area contributed by atoms with Crippen molar-refractivity contribution in [3.63, 3.8) is 0 Å². The molecule has 0 heterocycles. The molecule has 30 heavy (non-hydrogen) atoms. The zero-order chi connectivity index (χ0) is 21.8. The largest absolute Gasteiger partial charge is 0.504 e. The van der Waals surface area contributed by atoms with E-state index in [1.165, 1.54) is 6.07 Å². The second-order valence-electron chi connectivity index (χ2n) is 6.94. The van der Waals surface area contributed by atoms with E-state index in [4.69, 9.17) is 0 Å². The van der Waals surface area contributed by atoms with Gasteiger partial charge in [0.15, 0.2) is 17.3 Å². The molecule has 0 radical (unpaired) electrons. The molecule has 0 amide bonds. The highest BCUT2D eigenvalue weighted by atomic mass is 16.3. The molecule has 0 spiro atoms. The number of rotatable bonds is 5. The van der Waals surface area contributed by atoms with Crippen LogP contribution in [0.3, 0.4) is 0 Å². The molecule has 0 unspecified atom stereocenters. The van der Waals surface area contributed by atoms with Gasteiger partial charge in [-0.15, -0.1) is 0 Å². The minimum absolute atomic E-state index is 0.156. The summed E-state index contributed by atoms with van der Waals surface area (Å²) in [4.78, 5) is 24.7. The molecule has 4 heteroatoms. The van der Waals surface area contributed by atoms with E-state index in [9.17, 15) is 19.8 Å². The molecule has 0 saturated carbocycles. The van der Waals surface area contributed by atoms with Gasteiger partial charge >= 0.3 is 0 Å². The standard InChI is InChI=1S/C26H22O4/c1-4-6-20-14-21(12-7-17(20)5-2)18-8-10-19(11-9-18)25(29)22-15-24(28)26(30)23(27)13-16(22)3/h4-15H,2H2,1,3H3,(H2,27,28,30)/b6-4-. The van der Waals surface area contributed by atoms with Gasteiger partial charge in [0.2, 0.25) is 0 Å². The van der Waals surface area contributed by atoms with Gasteiger partial charge in [0, 0.05) is 11.1 Å². The molecule has 0 aliphatic carbocycles. The van der Waals surface area contributed by atoms with Crippen molar-refractivity contribution in [1.82, 2.24) is 0 Å². The molecule has 3 aromatic rings. The summed E-state index contributed by atoms with van der Waals surface area (Å²) in [6.45, 7) is 7.40. The van der Waals surface area contributed by atoms with E-state index >= 15 is 0 Å². The van der Waals surface area contributed by atoms with Crippen LogP contribution in [0.25, 0.3) is 23.3 Å². The lowest BCUT2D eigenvalue weighted by atomic mass is 9.96. The van der Waals surface area contributed by atoms with E-state index in [-0.39, 0.29) is 11.3 Å². The van der Waals surface area contributed by atoms with E-state index in [1.54, 1.807) is 19.1 Å². The molecule has 0 aromatic heterocycles. The van der Waals surface area contributed by atoms with Crippen molar-refractivity contribution in [2.45, 2.75) is 13.8 Å². The summed E-state index contributed by atoms with van der Waals surface area (Å²) in [5.41, 5.74) is 4.11. The van der Waals surface area contributed by atoms with Crippen LogP contribution in [-0.2, 0) is 0 Å². The summed E-state index contributed by atoms with van der Waals surface area (Å²) in [5, 5.41) is 19.5. The summed E-state index contributed by atoms with van der Waals surface area (Å²) < 4.78 is 0. The van der Waals surface area contributed by atoms with E-state index in [2.05, 4.69) is 12.6 Å². The first-order chi connectivity index (χ1) is 14.3. The van der Waals surface area contributed by atoms with Crippen LogP contribution in [0.4, 0.5) is 0 Å². The molecule has 0 saturated heterocycles. The molecule has 3 rings (SSSR count). The maximum absolute atomic E-state index is 12.9. The molecule has 150 valence electrons. The first-order valence-corrected chi connectivity index (χ1v) is 9.47. The number of carbonyl (C=O) groups excluding carboxylic acids is 1. The number of hydrogen-bond donors (Lipinski definition) is 2. The van der Waals surface area contributed by atoms with Gasteiger partial charge in [-0.05, 0) is 59.9 Å². The molecule has 2 N–H and O–H groups in total. The van der Waals surface area contributed by atoms with Gasteiger partial charge in [-0.1, -0.05) is 61.2 Å². The summed E-state index contributed by atoms with van der Waals surface area (Å²) >= 11 is 0. The van der Waals surface area contributed by atoms with Crippen molar-refractivity contribution >= 4 is 17.9 Å². The van der Waals surface area contributed by atoms with Crippen molar-refractivity contribution in [2.24, 2.45) is 0 Å². The molecule has 0 fully saturated rings. The fourth-order valence-electron chi connectivity index (χ4n) is 3.27. The second-order valence-corrected chi connectivity index (χ2v) is 6.94. The fraction of sp³-hybridized carbons (Fsp3) is 0.0769. The predicted molar refractivity (Wildman–Crippen MR) is 121 cm³/mol. The minimum Gasteiger partial charge on any atom is -0.504 e. The predicted octanol–water partition coefficient (Wildman–Crippen LogP) is 5.34. The lowest BCUT2D eigenvalue weighted by molar-refractivity contribution is 0.103. The third kappa shape index (κ3) is 4.08. The van der Waals surface area contributed by atoms with Gasteiger partial charge in [-0.2, -0.15) is 0 Å². The Labute approximate surface area is 175 Å². The van der Waals surface area contributed by atoms with Gasteiger partial charge in [-0.25, -0.2) is 0 Å². The molecule has 4 nitrogen and oxygen atoms in total. The summed E-state index contributed by atoms with van der Waals surface area (Å²) in [6.07, 6.45) is 5.79. The zero-order valence-corrected chi connectivity index (χ0v) is 16.8. The Morgan fingerprint density at radius 2 is 1.53 bits per heavy atom. The highest BCUT2D eigenvalue weighted by Gasteiger charge is 2.15. The van der Waals surface area contributed by atoms with Gasteiger partial charge in [0.25, 0.3) is 5.43 Å². The number of hydrogen-bond acceptors (Lipinski definition) is 4. The molecular weight excluding hydrogens is 376 g/mol. The maximum Gasteiger partial charge on any atom is 0.261 e. The van der Waals surface area contributed by atoms with E-state index < -0.39 is 16.9 Å². The smallest absolute Gasteiger partial charge is 0.261 e. The summed E-state index contributed by atoms with van der Waals surface area (Å²) in [7, 11) is 0. The third-order valence-corrected chi connectivity index (χ3v) is 4.90. The van der Waals surface area contributed by atoms with Crippen LogP contribution in [-0.4, -0.2) is 16.0 Å². The highest BCUT2D eigenvalue weighted by Crippen LogP contribution is 2.26. The van der Waals surface area contributed by atoms with Crippen molar-refractivity contribution in [3.05, 3.63) is 105 Å². The average molecular weight is 398 g/mol. The number of benzene rings is 2. The maximum atomic E-state index is 12.9.